The number of methoxy groups -OCH3 is 1. The van der Waals surface area contributed by atoms with Gasteiger partial charge in [-0.1, -0.05) is 12.8 Å². The fourth-order valence-electron chi connectivity index (χ4n) is 4.00. The standard InChI is InChI=1S/C23H33N3O5/c1-18(27)19-7-8-20(21(15-19)30-2)31-17-23(29)26-13-11-24(12-14-26)16-22(28)25-9-5-3-4-6-10-25/h7-8,15H,3-6,9-14,16-17H2,1-2H3. The zero-order chi connectivity index (χ0) is 22.2. The van der Waals surface area contributed by atoms with E-state index in [1.54, 1.807) is 23.1 Å². The molecule has 1 aromatic rings. The number of hydrogen-bond donors (Lipinski definition) is 0. The average molecular weight is 432 g/mol. The first kappa shape index (κ1) is 23.1. The Bertz CT molecular complexity index is 781. The van der Waals surface area contributed by atoms with Crippen LogP contribution in [0.3, 0.4) is 0 Å². The smallest absolute Gasteiger partial charge is 0.260 e. The fourth-order valence-corrected chi connectivity index (χ4v) is 4.00. The fraction of sp³-hybridized carbons (Fsp3) is 0.609. The summed E-state index contributed by atoms with van der Waals surface area (Å²) in [7, 11) is 1.50. The third kappa shape index (κ3) is 6.43. The second-order valence-electron chi connectivity index (χ2n) is 8.16. The molecule has 31 heavy (non-hydrogen) atoms. The predicted octanol–water partition coefficient (Wildman–Crippen LogP) is 1.82. The zero-order valence-corrected chi connectivity index (χ0v) is 18.6. The van der Waals surface area contributed by atoms with Crippen LogP contribution in [0.5, 0.6) is 11.5 Å². The summed E-state index contributed by atoms with van der Waals surface area (Å²) in [4.78, 5) is 42.5. The lowest BCUT2D eigenvalue weighted by Crippen LogP contribution is -2.52. The van der Waals surface area contributed by atoms with Crippen LogP contribution in [0, 0.1) is 0 Å². The Kier molecular flexibility index (Phi) is 8.28. The molecule has 0 aliphatic carbocycles. The molecule has 3 rings (SSSR count). The molecule has 1 aromatic carbocycles. The van der Waals surface area contributed by atoms with E-state index in [2.05, 4.69) is 4.90 Å². The number of carbonyl (C=O) groups excluding carboxylic acids is 3. The van der Waals surface area contributed by atoms with E-state index < -0.39 is 0 Å². The molecule has 0 saturated carbocycles. The average Bonchev–Trinajstić information content (AvgIpc) is 3.07. The number of piperazine rings is 1. The summed E-state index contributed by atoms with van der Waals surface area (Å²) in [6, 6.07) is 4.92. The Labute approximate surface area is 184 Å². The summed E-state index contributed by atoms with van der Waals surface area (Å²) in [5.41, 5.74) is 0.529. The van der Waals surface area contributed by atoms with E-state index in [0.717, 1.165) is 25.9 Å². The molecule has 2 fully saturated rings. The highest BCUT2D eigenvalue weighted by molar-refractivity contribution is 5.94. The molecule has 0 aromatic heterocycles. The summed E-state index contributed by atoms with van der Waals surface area (Å²) in [6.45, 7) is 6.08. The van der Waals surface area contributed by atoms with Crippen LogP contribution in [0.2, 0.25) is 0 Å². The Morgan fingerprint density at radius 2 is 1.48 bits per heavy atom. The van der Waals surface area contributed by atoms with Gasteiger partial charge in [0.15, 0.2) is 23.9 Å². The van der Waals surface area contributed by atoms with E-state index >= 15 is 0 Å². The third-order valence-electron chi connectivity index (χ3n) is 5.96. The van der Waals surface area contributed by atoms with E-state index in [1.165, 1.54) is 26.9 Å². The van der Waals surface area contributed by atoms with Gasteiger partial charge in [-0.2, -0.15) is 0 Å². The van der Waals surface area contributed by atoms with Crippen LogP contribution in [0.15, 0.2) is 18.2 Å². The second kappa shape index (κ2) is 11.1. The SMILES string of the molecule is COc1cc(C(C)=O)ccc1OCC(=O)N1CCN(CC(=O)N2CCCCCC2)CC1. The number of likely N-dealkylation sites (tertiary alicyclic amines) is 1. The van der Waals surface area contributed by atoms with Gasteiger partial charge < -0.3 is 19.3 Å². The van der Waals surface area contributed by atoms with Crippen LogP contribution in [-0.2, 0) is 9.59 Å². The molecule has 8 heteroatoms. The monoisotopic (exact) mass is 431 g/mol. The molecule has 2 aliphatic rings. The van der Waals surface area contributed by atoms with Crippen LogP contribution in [-0.4, -0.2) is 91.8 Å². The minimum absolute atomic E-state index is 0.0619. The lowest BCUT2D eigenvalue weighted by atomic mass is 10.1. The summed E-state index contributed by atoms with van der Waals surface area (Å²) >= 11 is 0. The van der Waals surface area contributed by atoms with Crippen molar-refractivity contribution < 1.29 is 23.9 Å². The molecule has 2 aliphatic heterocycles. The van der Waals surface area contributed by atoms with Crippen molar-refractivity contribution in [2.75, 3.05) is 59.5 Å². The predicted molar refractivity (Wildman–Crippen MR) is 117 cm³/mol. The first-order valence-electron chi connectivity index (χ1n) is 11.1. The van der Waals surface area contributed by atoms with Gasteiger partial charge in [0, 0.05) is 44.8 Å². The topological polar surface area (TPSA) is 79.4 Å². The third-order valence-corrected chi connectivity index (χ3v) is 5.96. The number of nitrogens with zero attached hydrogens (tertiary/aromatic N) is 3. The molecule has 8 nitrogen and oxygen atoms in total. The van der Waals surface area contributed by atoms with Gasteiger partial charge in [0.25, 0.3) is 5.91 Å². The van der Waals surface area contributed by atoms with Crippen molar-refractivity contribution >= 4 is 17.6 Å². The second-order valence-corrected chi connectivity index (χ2v) is 8.16. The van der Waals surface area contributed by atoms with Gasteiger partial charge in [-0.3, -0.25) is 19.3 Å². The molecule has 0 N–H and O–H groups in total. The summed E-state index contributed by atoms with van der Waals surface area (Å²) < 4.78 is 10.9. The summed E-state index contributed by atoms with van der Waals surface area (Å²) in [5, 5.41) is 0. The summed E-state index contributed by atoms with van der Waals surface area (Å²) in [6.07, 6.45) is 4.60. The Morgan fingerprint density at radius 3 is 2.10 bits per heavy atom. The first-order valence-corrected chi connectivity index (χ1v) is 11.1. The number of benzene rings is 1. The highest BCUT2D eigenvalue weighted by Crippen LogP contribution is 2.28. The lowest BCUT2D eigenvalue weighted by Gasteiger charge is -2.35. The number of amides is 2. The molecular formula is C23H33N3O5. The number of rotatable bonds is 7. The normalized spacial score (nSPS) is 17.7. The molecule has 0 radical (unpaired) electrons. The maximum Gasteiger partial charge on any atom is 0.260 e. The van der Waals surface area contributed by atoms with Crippen LogP contribution < -0.4 is 9.47 Å². The van der Waals surface area contributed by atoms with Gasteiger partial charge in [0.05, 0.1) is 13.7 Å². The van der Waals surface area contributed by atoms with Crippen molar-refractivity contribution in [2.24, 2.45) is 0 Å². The highest BCUT2D eigenvalue weighted by atomic mass is 16.5. The van der Waals surface area contributed by atoms with Gasteiger partial charge in [-0.15, -0.1) is 0 Å². The Hall–Kier alpha value is -2.61. The van der Waals surface area contributed by atoms with Crippen molar-refractivity contribution in [2.45, 2.75) is 32.6 Å². The zero-order valence-electron chi connectivity index (χ0n) is 18.6. The highest BCUT2D eigenvalue weighted by Gasteiger charge is 2.25. The minimum Gasteiger partial charge on any atom is -0.493 e. The number of Topliss-reactive ketones (excluding diaryl/α,β-unsaturated/α-hetero) is 1. The number of carbonyl (C=O) groups is 3. The number of ketones is 1. The molecule has 0 bridgehead atoms. The molecule has 0 spiro atoms. The van der Waals surface area contributed by atoms with E-state index in [0.29, 0.717) is 49.8 Å². The lowest BCUT2D eigenvalue weighted by molar-refractivity contribution is -0.136. The van der Waals surface area contributed by atoms with Gasteiger partial charge >= 0.3 is 0 Å². The molecule has 0 atom stereocenters. The van der Waals surface area contributed by atoms with Crippen LogP contribution in [0.4, 0.5) is 0 Å². The molecular weight excluding hydrogens is 398 g/mol. The van der Waals surface area contributed by atoms with Gasteiger partial charge in [-0.25, -0.2) is 0 Å². The number of hydrogen-bond acceptors (Lipinski definition) is 6. The Balaban J connectivity index is 1.44. The maximum atomic E-state index is 12.6. The van der Waals surface area contributed by atoms with Gasteiger partial charge in [-0.05, 0) is 38.0 Å². The van der Waals surface area contributed by atoms with Crippen molar-refractivity contribution in [1.82, 2.24) is 14.7 Å². The van der Waals surface area contributed by atoms with Crippen LogP contribution in [0.25, 0.3) is 0 Å². The van der Waals surface area contributed by atoms with Crippen LogP contribution in [0.1, 0.15) is 43.0 Å². The summed E-state index contributed by atoms with van der Waals surface area (Å²) in [5.74, 6) is 0.898. The van der Waals surface area contributed by atoms with Crippen molar-refractivity contribution in [3.8, 4) is 11.5 Å². The van der Waals surface area contributed by atoms with Crippen molar-refractivity contribution in [3.63, 3.8) is 0 Å². The molecule has 0 unspecified atom stereocenters. The number of ether oxygens (including phenoxy) is 2. The quantitative estimate of drug-likeness (QED) is 0.613. The molecule has 170 valence electrons. The van der Waals surface area contributed by atoms with Gasteiger partial charge in [0.1, 0.15) is 0 Å². The molecule has 2 amide bonds. The van der Waals surface area contributed by atoms with E-state index in [4.69, 9.17) is 9.47 Å². The van der Waals surface area contributed by atoms with E-state index in [-0.39, 0.29) is 24.2 Å². The molecule has 2 saturated heterocycles. The minimum atomic E-state index is -0.101. The molecule has 2 heterocycles. The van der Waals surface area contributed by atoms with Crippen molar-refractivity contribution in [3.05, 3.63) is 23.8 Å². The van der Waals surface area contributed by atoms with Gasteiger partial charge in [0.2, 0.25) is 5.91 Å². The van der Waals surface area contributed by atoms with E-state index in [9.17, 15) is 14.4 Å². The van der Waals surface area contributed by atoms with E-state index in [1.807, 2.05) is 4.90 Å². The van der Waals surface area contributed by atoms with Crippen molar-refractivity contribution in [1.29, 1.82) is 0 Å². The first-order chi connectivity index (χ1) is 15.0. The maximum absolute atomic E-state index is 12.6. The Morgan fingerprint density at radius 1 is 0.839 bits per heavy atom. The largest absolute Gasteiger partial charge is 0.493 e. The van der Waals surface area contributed by atoms with Crippen LogP contribution >= 0.6 is 0 Å².